The number of carbonyl (C=O) groups excluding carboxylic acids is 1. The third-order valence-electron chi connectivity index (χ3n) is 3.82. The fourth-order valence-electron chi connectivity index (χ4n) is 2.49. The molecule has 0 spiro atoms. The Morgan fingerprint density at radius 3 is 2.58 bits per heavy atom. The van der Waals surface area contributed by atoms with Crippen molar-refractivity contribution in [1.29, 1.82) is 0 Å². The molecule has 0 aliphatic heterocycles. The summed E-state index contributed by atoms with van der Waals surface area (Å²) in [6.07, 6.45) is 9.64. The number of nitrogens with zero attached hydrogens (tertiary/aromatic N) is 2. The first-order chi connectivity index (χ1) is 9.16. The second-order valence-corrected chi connectivity index (χ2v) is 5.33. The summed E-state index contributed by atoms with van der Waals surface area (Å²) in [4.78, 5) is 13.7. The van der Waals surface area contributed by atoms with E-state index in [1.165, 1.54) is 19.3 Å². The van der Waals surface area contributed by atoms with Gasteiger partial charge in [0.25, 0.3) is 0 Å². The molecule has 1 heterocycles. The van der Waals surface area contributed by atoms with E-state index in [1.807, 2.05) is 43.2 Å². The number of hydrogen-bond acceptors (Lipinski definition) is 2. The van der Waals surface area contributed by atoms with Gasteiger partial charge >= 0.3 is 6.09 Å². The minimum absolute atomic E-state index is 0.208. The van der Waals surface area contributed by atoms with Crippen LogP contribution in [0.15, 0.2) is 24.5 Å². The first-order valence-corrected chi connectivity index (χ1v) is 7.00. The van der Waals surface area contributed by atoms with Crippen molar-refractivity contribution in [3.8, 4) is 0 Å². The molecule has 0 saturated heterocycles. The molecule has 2 rings (SSSR count). The topological polar surface area (TPSA) is 33.4 Å². The van der Waals surface area contributed by atoms with Gasteiger partial charge in [-0.2, -0.15) is 0 Å². The summed E-state index contributed by atoms with van der Waals surface area (Å²) in [7, 11) is 3.82. The molecule has 0 bridgehead atoms. The van der Waals surface area contributed by atoms with E-state index in [4.69, 9.17) is 4.74 Å². The van der Waals surface area contributed by atoms with Crippen molar-refractivity contribution >= 4 is 6.09 Å². The van der Waals surface area contributed by atoms with E-state index in [0.717, 1.165) is 18.4 Å². The summed E-state index contributed by atoms with van der Waals surface area (Å²) < 4.78 is 7.32. The molecule has 1 aliphatic rings. The maximum atomic E-state index is 12.0. The molecule has 0 aromatic carbocycles. The quantitative estimate of drug-likeness (QED) is 0.785. The number of rotatable bonds is 3. The number of hydrogen-bond donors (Lipinski definition) is 0. The van der Waals surface area contributed by atoms with Crippen molar-refractivity contribution in [2.75, 3.05) is 7.05 Å². The normalized spacial score (nSPS) is 16.1. The lowest BCUT2D eigenvalue weighted by atomic mass is 9.95. The zero-order chi connectivity index (χ0) is 13.7. The fourth-order valence-corrected chi connectivity index (χ4v) is 2.49. The standard InChI is InChI=1S/C15H23N2O2/c1-16-10-8-13(9-11-16)12-19-15(18)17(2)14-6-4-3-5-7-14/h8-11,14H,3-7,12H2,1-2H3/q+1. The SMILES string of the molecule is CN(C(=O)OCc1cc[n+](C)cc1)C1CCCCC1. The monoisotopic (exact) mass is 263 g/mol. The van der Waals surface area contributed by atoms with Gasteiger partial charge in [0.1, 0.15) is 13.7 Å². The first kappa shape index (κ1) is 13.8. The molecule has 1 aliphatic carbocycles. The summed E-state index contributed by atoms with van der Waals surface area (Å²) in [5.74, 6) is 0. The first-order valence-electron chi connectivity index (χ1n) is 7.00. The molecule has 0 unspecified atom stereocenters. The van der Waals surface area contributed by atoms with E-state index < -0.39 is 0 Å². The minimum atomic E-state index is -0.208. The highest BCUT2D eigenvalue weighted by atomic mass is 16.6. The summed E-state index contributed by atoms with van der Waals surface area (Å²) in [5, 5.41) is 0. The smallest absolute Gasteiger partial charge is 0.410 e. The molecule has 1 saturated carbocycles. The molecule has 19 heavy (non-hydrogen) atoms. The van der Waals surface area contributed by atoms with Crippen LogP contribution in [0.5, 0.6) is 0 Å². The number of aromatic nitrogens is 1. The molecule has 4 heteroatoms. The van der Waals surface area contributed by atoms with Crippen molar-refractivity contribution in [3.05, 3.63) is 30.1 Å². The molecule has 0 N–H and O–H groups in total. The third-order valence-corrected chi connectivity index (χ3v) is 3.82. The van der Waals surface area contributed by atoms with Crippen molar-refractivity contribution in [2.45, 2.75) is 44.8 Å². The Morgan fingerprint density at radius 1 is 1.32 bits per heavy atom. The molecule has 1 aromatic rings. The summed E-state index contributed by atoms with van der Waals surface area (Å²) in [6, 6.07) is 4.29. The maximum Gasteiger partial charge on any atom is 0.410 e. The fraction of sp³-hybridized carbons (Fsp3) is 0.600. The van der Waals surface area contributed by atoms with Gasteiger partial charge in [-0.3, -0.25) is 0 Å². The van der Waals surface area contributed by atoms with Crippen LogP contribution in [-0.2, 0) is 18.4 Å². The van der Waals surface area contributed by atoms with Crippen LogP contribution in [-0.4, -0.2) is 24.1 Å². The second-order valence-electron chi connectivity index (χ2n) is 5.33. The van der Waals surface area contributed by atoms with Gasteiger partial charge in [-0.1, -0.05) is 19.3 Å². The van der Waals surface area contributed by atoms with E-state index in [1.54, 1.807) is 4.90 Å². The number of carbonyl (C=O) groups is 1. The van der Waals surface area contributed by atoms with Gasteiger partial charge in [-0.05, 0) is 12.8 Å². The van der Waals surface area contributed by atoms with Gasteiger partial charge in [-0.15, -0.1) is 0 Å². The molecule has 0 atom stereocenters. The molecular weight excluding hydrogens is 240 g/mol. The molecule has 104 valence electrons. The predicted octanol–water partition coefficient (Wildman–Crippen LogP) is 2.41. The van der Waals surface area contributed by atoms with Gasteiger partial charge in [0.05, 0.1) is 0 Å². The Labute approximate surface area is 115 Å². The van der Waals surface area contributed by atoms with Crippen LogP contribution in [0.1, 0.15) is 37.7 Å². The predicted molar refractivity (Wildman–Crippen MR) is 72.4 cm³/mol. The van der Waals surface area contributed by atoms with Gasteiger partial charge in [0, 0.05) is 30.8 Å². The highest BCUT2D eigenvalue weighted by Crippen LogP contribution is 2.22. The molecule has 1 amide bonds. The van der Waals surface area contributed by atoms with Crippen LogP contribution in [0, 0.1) is 0 Å². The number of pyridine rings is 1. The van der Waals surface area contributed by atoms with Crippen molar-refractivity contribution < 1.29 is 14.1 Å². The average molecular weight is 263 g/mol. The molecule has 4 nitrogen and oxygen atoms in total. The largest absolute Gasteiger partial charge is 0.445 e. The molecule has 1 aromatic heterocycles. The van der Waals surface area contributed by atoms with Crippen LogP contribution < -0.4 is 4.57 Å². The van der Waals surface area contributed by atoms with Crippen molar-refractivity contribution in [3.63, 3.8) is 0 Å². The van der Waals surface area contributed by atoms with Gasteiger partial charge in [-0.25, -0.2) is 9.36 Å². The average Bonchev–Trinajstić information content (AvgIpc) is 2.46. The van der Waals surface area contributed by atoms with Gasteiger partial charge in [0.15, 0.2) is 12.4 Å². The van der Waals surface area contributed by atoms with E-state index >= 15 is 0 Å². The van der Waals surface area contributed by atoms with E-state index in [-0.39, 0.29) is 6.09 Å². The lowest BCUT2D eigenvalue weighted by Crippen LogP contribution is -2.38. The zero-order valence-corrected chi connectivity index (χ0v) is 11.8. The van der Waals surface area contributed by atoms with Crippen LogP contribution in [0.2, 0.25) is 0 Å². The Hall–Kier alpha value is -1.58. The molecule has 1 fully saturated rings. The highest BCUT2D eigenvalue weighted by molar-refractivity contribution is 5.67. The molecular formula is C15H23N2O2+. The van der Waals surface area contributed by atoms with E-state index in [0.29, 0.717) is 12.6 Å². The van der Waals surface area contributed by atoms with Gasteiger partial charge < -0.3 is 9.64 Å². The summed E-state index contributed by atoms with van der Waals surface area (Å²) in [5.41, 5.74) is 1.02. The maximum absolute atomic E-state index is 12.0. The van der Waals surface area contributed by atoms with Crippen LogP contribution >= 0.6 is 0 Å². The van der Waals surface area contributed by atoms with Gasteiger partial charge in [0.2, 0.25) is 0 Å². The van der Waals surface area contributed by atoms with Crippen molar-refractivity contribution in [1.82, 2.24) is 4.90 Å². The summed E-state index contributed by atoms with van der Waals surface area (Å²) in [6.45, 7) is 0.344. The number of aryl methyl sites for hydroxylation is 1. The van der Waals surface area contributed by atoms with Crippen LogP contribution in [0.4, 0.5) is 4.79 Å². The third kappa shape index (κ3) is 3.94. The number of ether oxygens (including phenoxy) is 1. The van der Waals surface area contributed by atoms with Crippen LogP contribution in [0.25, 0.3) is 0 Å². The van der Waals surface area contributed by atoms with E-state index in [9.17, 15) is 4.79 Å². The Bertz CT molecular complexity index is 411. The second kappa shape index (κ2) is 6.55. The van der Waals surface area contributed by atoms with Crippen LogP contribution in [0.3, 0.4) is 0 Å². The van der Waals surface area contributed by atoms with Crippen molar-refractivity contribution in [2.24, 2.45) is 7.05 Å². The minimum Gasteiger partial charge on any atom is -0.445 e. The Kier molecular flexibility index (Phi) is 4.77. The highest BCUT2D eigenvalue weighted by Gasteiger charge is 2.22. The van der Waals surface area contributed by atoms with E-state index in [2.05, 4.69) is 0 Å². The summed E-state index contributed by atoms with van der Waals surface area (Å²) >= 11 is 0. The lowest BCUT2D eigenvalue weighted by molar-refractivity contribution is -0.671. The molecule has 0 radical (unpaired) electrons. The number of amides is 1. The Morgan fingerprint density at radius 2 is 1.95 bits per heavy atom. The lowest BCUT2D eigenvalue weighted by Gasteiger charge is -2.30. The Balaban J connectivity index is 1.81. The zero-order valence-electron chi connectivity index (χ0n) is 11.8.